The van der Waals surface area contributed by atoms with E-state index in [0.29, 0.717) is 9.99 Å². The number of carbonyl (C=O) groups is 1. The van der Waals surface area contributed by atoms with E-state index in [1.165, 1.54) is 12.1 Å². The number of aromatic amines is 1. The molecular formula is C22H21F2IN2O. The van der Waals surface area contributed by atoms with Gasteiger partial charge in [0.1, 0.15) is 17.9 Å². The van der Waals surface area contributed by atoms with Crippen molar-refractivity contribution < 1.29 is 13.6 Å². The van der Waals surface area contributed by atoms with E-state index in [2.05, 4.69) is 4.98 Å². The van der Waals surface area contributed by atoms with Crippen LogP contribution in [0.3, 0.4) is 0 Å². The number of aromatic nitrogens is 1. The molecule has 2 heterocycles. The molecule has 6 heteroatoms. The Labute approximate surface area is 176 Å². The number of hydrogen-bond donors (Lipinski definition) is 1. The lowest BCUT2D eigenvalue weighted by Gasteiger charge is -2.47. The highest BCUT2D eigenvalue weighted by Crippen LogP contribution is 2.45. The Morgan fingerprint density at radius 3 is 2.50 bits per heavy atom. The van der Waals surface area contributed by atoms with Gasteiger partial charge >= 0.3 is 0 Å². The maximum Gasteiger partial charge on any atom is 0.139 e. The molecule has 0 saturated heterocycles. The summed E-state index contributed by atoms with van der Waals surface area (Å²) in [6, 6.07) is 9.77. The van der Waals surface area contributed by atoms with Crippen LogP contribution in [0.2, 0.25) is 0 Å². The van der Waals surface area contributed by atoms with Gasteiger partial charge in [-0.1, -0.05) is 18.2 Å². The molecule has 0 radical (unpaired) electrons. The van der Waals surface area contributed by atoms with Gasteiger partial charge in [0.25, 0.3) is 0 Å². The van der Waals surface area contributed by atoms with Crippen LogP contribution >= 0.6 is 22.6 Å². The highest BCUT2D eigenvalue weighted by atomic mass is 127. The van der Waals surface area contributed by atoms with Crippen LogP contribution in [0.4, 0.5) is 8.78 Å². The molecule has 2 atom stereocenters. The number of fused-ring (bicyclic) bond motifs is 3. The first-order valence-corrected chi connectivity index (χ1v) is 10.3. The minimum Gasteiger partial charge on any atom is -0.357 e. The standard InChI is InChI=1S/C22H21F2IN2O/c1-12-8-15-14-6-4-5-7-18(14)26-20(15)21(27(12)22(2,3)11-28)19-16(23)9-13(25)10-17(19)24/h4-7,9-12,21,26H,8H2,1-3H3/t12-,21-/m1/s1. The van der Waals surface area contributed by atoms with Crippen LogP contribution in [-0.4, -0.2) is 27.8 Å². The minimum absolute atomic E-state index is 0.0188. The van der Waals surface area contributed by atoms with Crippen LogP contribution in [0.15, 0.2) is 36.4 Å². The van der Waals surface area contributed by atoms with Crippen LogP contribution in [-0.2, 0) is 11.2 Å². The van der Waals surface area contributed by atoms with Gasteiger partial charge in [0, 0.05) is 31.8 Å². The number of benzene rings is 2. The average Bonchev–Trinajstić information content (AvgIpc) is 2.99. The predicted octanol–water partition coefficient (Wildman–Crippen LogP) is 5.36. The zero-order chi connectivity index (χ0) is 20.2. The third-order valence-corrected chi connectivity index (χ3v) is 6.27. The summed E-state index contributed by atoms with van der Waals surface area (Å²) in [6.07, 6.45) is 1.55. The summed E-state index contributed by atoms with van der Waals surface area (Å²) >= 11 is 1.91. The van der Waals surface area contributed by atoms with Crippen molar-refractivity contribution in [3.05, 3.63) is 68.4 Å². The molecule has 146 valence electrons. The van der Waals surface area contributed by atoms with Crippen molar-refractivity contribution in [2.75, 3.05) is 0 Å². The number of aldehydes is 1. The maximum atomic E-state index is 15.1. The smallest absolute Gasteiger partial charge is 0.139 e. The summed E-state index contributed by atoms with van der Waals surface area (Å²) < 4.78 is 30.6. The molecule has 3 aromatic rings. The first-order valence-electron chi connectivity index (χ1n) is 9.23. The summed E-state index contributed by atoms with van der Waals surface area (Å²) in [7, 11) is 0. The van der Waals surface area contributed by atoms with Crippen molar-refractivity contribution in [1.82, 2.24) is 9.88 Å². The van der Waals surface area contributed by atoms with Crippen molar-refractivity contribution >= 4 is 39.8 Å². The Bertz CT molecular complexity index is 1050. The molecule has 2 aromatic carbocycles. The number of H-pyrrole nitrogens is 1. The number of nitrogens with zero attached hydrogens (tertiary/aromatic N) is 1. The summed E-state index contributed by atoms with van der Waals surface area (Å²) in [5.41, 5.74) is 1.84. The van der Waals surface area contributed by atoms with Crippen LogP contribution in [0.25, 0.3) is 10.9 Å². The molecular weight excluding hydrogens is 473 g/mol. The molecule has 0 bridgehead atoms. The number of nitrogens with one attached hydrogen (secondary N) is 1. The van der Waals surface area contributed by atoms with E-state index in [0.717, 1.165) is 28.4 Å². The number of rotatable bonds is 3. The van der Waals surface area contributed by atoms with E-state index < -0.39 is 23.2 Å². The average molecular weight is 494 g/mol. The van der Waals surface area contributed by atoms with Crippen LogP contribution in [0, 0.1) is 15.2 Å². The number of carbonyl (C=O) groups excluding carboxylic acids is 1. The Morgan fingerprint density at radius 1 is 1.21 bits per heavy atom. The Morgan fingerprint density at radius 2 is 1.86 bits per heavy atom. The molecule has 0 amide bonds. The van der Waals surface area contributed by atoms with Crippen molar-refractivity contribution in [1.29, 1.82) is 0 Å². The fourth-order valence-electron chi connectivity index (χ4n) is 4.52. The van der Waals surface area contributed by atoms with E-state index in [4.69, 9.17) is 0 Å². The zero-order valence-corrected chi connectivity index (χ0v) is 18.1. The van der Waals surface area contributed by atoms with Crippen molar-refractivity contribution in [2.45, 2.75) is 44.8 Å². The fourth-order valence-corrected chi connectivity index (χ4v) is 5.07. The molecule has 1 N–H and O–H groups in total. The van der Waals surface area contributed by atoms with E-state index in [9.17, 15) is 4.79 Å². The van der Waals surface area contributed by atoms with Gasteiger partial charge in [0.2, 0.25) is 0 Å². The third-order valence-electron chi connectivity index (χ3n) is 5.64. The molecule has 1 aliphatic heterocycles. The minimum atomic E-state index is -0.888. The van der Waals surface area contributed by atoms with Crippen molar-refractivity contribution in [2.24, 2.45) is 0 Å². The Kier molecular flexibility index (Phi) is 4.82. The van der Waals surface area contributed by atoms with Gasteiger partial charge in [-0.25, -0.2) is 8.78 Å². The quantitative estimate of drug-likeness (QED) is 0.393. The number of para-hydroxylation sites is 1. The normalized spacial score (nSPS) is 20.4. The van der Waals surface area contributed by atoms with Gasteiger partial charge in [-0.15, -0.1) is 0 Å². The fraction of sp³-hybridized carbons (Fsp3) is 0.318. The van der Waals surface area contributed by atoms with Crippen LogP contribution in [0.5, 0.6) is 0 Å². The Hall–Kier alpha value is -1.80. The SMILES string of the molecule is C[C@@H]1Cc2c([nH]c3ccccc23)[C@@H](c2c(F)cc(I)cc2F)N1C(C)(C)C=O. The summed E-state index contributed by atoms with van der Waals surface area (Å²) in [5.74, 6) is -1.19. The monoisotopic (exact) mass is 494 g/mol. The second-order valence-corrected chi connectivity index (χ2v) is 9.23. The van der Waals surface area contributed by atoms with Crippen LogP contribution < -0.4 is 0 Å². The molecule has 4 rings (SSSR count). The molecule has 3 nitrogen and oxygen atoms in total. The topological polar surface area (TPSA) is 36.1 Å². The maximum absolute atomic E-state index is 15.1. The largest absolute Gasteiger partial charge is 0.357 e. The van der Waals surface area contributed by atoms with E-state index in [1.54, 1.807) is 13.8 Å². The predicted molar refractivity (Wildman–Crippen MR) is 114 cm³/mol. The zero-order valence-electron chi connectivity index (χ0n) is 15.9. The highest BCUT2D eigenvalue weighted by Gasteiger charge is 2.44. The Balaban J connectivity index is 2.05. The molecule has 0 unspecified atom stereocenters. The van der Waals surface area contributed by atoms with E-state index in [-0.39, 0.29) is 11.6 Å². The molecule has 28 heavy (non-hydrogen) atoms. The second-order valence-electron chi connectivity index (χ2n) is 7.98. The molecule has 1 aromatic heterocycles. The van der Waals surface area contributed by atoms with E-state index in [1.807, 2.05) is 58.7 Å². The van der Waals surface area contributed by atoms with Crippen LogP contribution in [0.1, 0.15) is 43.6 Å². The van der Waals surface area contributed by atoms with Gasteiger partial charge < -0.3 is 9.78 Å². The number of halogens is 3. The second kappa shape index (κ2) is 6.91. The van der Waals surface area contributed by atoms with E-state index >= 15 is 8.78 Å². The van der Waals surface area contributed by atoms with Gasteiger partial charge in [0.15, 0.2) is 0 Å². The van der Waals surface area contributed by atoms with Crippen molar-refractivity contribution in [3.63, 3.8) is 0 Å². The lowest BCUT2D eigenvalue weighted by Crippen LogP contribution is -2.55. The van der Waals surface area contributed by atoms with Crippen molar-refractivity contribution in [3.8, 4) is 0 Å². The van der Waals surface area contributed by atoms with Gasteiger partial charge in [0.05, 0.1) is 11.6 Å². The first-order chi connectivity index (χ1) is 13.2. The summed E-state index contributed by atoms with van der Waals surface area (Å²) in [5, 5.41) is 1.06. The highest BCUT2D eigenvalue weighted by molar-refractivity contribution is 14.1. The van der Waals surface area contributed by atoms with Gasteiger partial charge in [-0.3, -0.25) is 4.90 Å². The lowest BCUT2D eigenvalue weighted by molar-refractivity contribution is -0.120. The molecule has 0 aliphatic carbocycles. The van der Waals surface area contributed by atoms with Gasteiger partial charge in [-0.2, -0.15) is 0 Å². The molecule has 1 aliphatic rings. The summed E-state index contributed by atoms with van der Waals surface area (Å²) in [6.45, 7) is 5.59. The molecule has 0 fully saturated rings. The number of hydrogen-bond acceptors (Lipinski definition) is 2. The molecule has 0 saturated carbocycles. The lowest BCUT2D eigenvalue weighted by atomic mass is 9.84. The molecule has 0 spiro atoms. The first kappa shape index (κ1) is 19.5. The summed E-state index contributed by atoms with van der Waals surface area (Å²) in [4.78, 5) is 17.2. The van der Waals surface area contributed by atoms with Gasteiger partial charge in [-0.05, 0) is 73.5 Å². The third kappa shape index (κ3) is 2.97.